The zero-order chi connectivity index (χ0) is 11.8. The molecule has 16 heavy (non-hydrogen) atoms. The van der Waals surface area contributed by atoms with Gasteiger partial charge in [0.2, 0.25) is 5.95 Å². The van der Waals surface area contributed by atoms with Crippen molar-refractivity contribution in [2.75, 3.05) is 18.5 Å². The molecule has 1 aromatic rings. The lowest BCUT2D eigenvalue weighted by Gasteiger charge is -2.24. The average molecular weight is 223 g/mol. The standard InChI is InChI=1S/C12H21N3O/c1-12(2,3)10-8-15-7-9(4-5-16)6-13-11(15)14-10/h8-9,16H,4-7H2,1-3H3,(H,13,14). The number of imidazole rings is 1. The molecule has 0 aromatic carbocycles. The highest BCUT2D eigenvalue weighted by Crippen LogP contribution is 2.26. The molecule has 0 amide bonds. The number of nitrogens with one attached hydrogen (secondary N) is 1. The molecule has 0 saturated carbocycles. The van der Waals surface area contributed by atoms with E-state index in [4.69, 9.17) is 5.11 Å². The van der Waals surface area contributed by atoms with E-state index in [2.05, 4.69) is 41.8 Å². The van der Waals surface area contributed by atoms with Crippen molar-refractivity contribution in [1.82, 2.24) is 9.55 Å². The maximum Gasteiger partial charge on any atom is 0.203 e. The van der Waals surface area contributed by atoms with Crippen molar-refractivity contribution in [3.05, 3.63) is 11.9 Å². The molecule has 2 rings (SSSR count). The van der Waals surface area contributed by atoms with E-state index >= 15 is 0 Å². The maximum atomic E-state index is 8.95. The molecule has 2 N–H and O–H groups in total. The van der Waals surface area contributed by atoms with E-state index in [-0.39, 0.29) is 12.0 Å². The Morgan fingerprint density at radius 2 is 2.31 bits per heavy atom. The van der Waals surface area contributed by atoms with Crippen LogP contribution in [0.25, 0.3) is 0 Å². The quantitative estimate of drug-likeness (QED) is 0.800. The van der Waals surface area contributed by atoms with Crippen molar-refractivity contribution >= 4 is 5.95 Å². The highest BCUT2D eigenvalue weighted by Gasteiger charge is 2.23. The average Bonchev–Trinajstić information content (AvgIpc) is 2.60. The van der Waals surface area contributed by atoms with Crippen LogP contribution in [0.4, 0.5) is 5.95 Å². The van der Waals surface area contributed by atoms with Crippen LogP contribution in [0.15, 0.2) is 6.20 Å². The summed E-state index contributed by atoms with van der Waals surface area (Å²) in [6.07, 6.45) is 2.99. The van der Waals surface area contributed by atoms with Crippen molar-refractivity contribution in [3.63, 3.8) is 0 Å². The fourth-order valence-electron chi connectivity index (χ4n) is 2.01. The molecule has 1 aliphatic heterocycles. The number of rotatable bonds is 2. The summed E-state index contributed by atoms with van der Waals surface area (Å²) in [6, 6.07) is 0. The summed E-state index contributed by atoms with van der Waals surface area (Å²) in [4.78, 5) is 4.61. The predicted molar refractivity (Wildman–Crippen MR) is 64.6 cm³/mol. The summed E-state index contributed by atoms with van der Waals surface area (Å²) >= 11 is 0. The van der Waals surface area contributed by atoms with Crippen molar-refractivity contribution < 1.29 is 5.11 Å². The molecule has 1 atom stereocenters. The molecule has 90 valence electrons. The van der Waals surface area contributed by atoms with Crippen molar-refractivity contribution in [1.29, 1.82) is 0 Å². The third-order valence-corrected chi connectivity index (χ3v) is 3.09. The lowest BCUT2D eigenvalue weighted by molar-refractivity contribution is 0.247. The van der Waals surface area contributed by atoms with Gasteiger partial charge in [0, 0.05) is 31.3 Å². The van der Waals surface area contributed by atoms with Gasteiger partial charge >= 0.3 is 0 Å². The second kappa shape index (κ2) is 4.09. The minimum atomic E-state index is 0.0957. The Hall–Kier alpha value is -1.03. The summed E-state index contributed by atoms with van der Waals surface area (Å²) in [7, 11) is 0. The van der Waals surface area contributed by atoms with Crippen LogP contribution in [0.2, 0.25) is 0 Å². The van der Waals surface area contributed by atoms with Crippen molar-refractivity contribution in [2.45, 2.75) is 39.2 Å². The number of aliphatic hydroxyl groups is 1. The van der Waals surface area contributed by atoms with Gasteiger partial charge in [-0.3, -0.25) is 0 Å². The molecule has 1 aliphatic rings. The molecule has 0 saturated heterocycles. The molecule has 1 unspecified atom stereocenters. The van der Waals surface area contributed by atoms with Crippen molar-refractivity contribution in [3.8, 4) is 0 Å². The minimum Gasteiger partial charge on any atom is -0.396 e. The first kappa shape index (κ1) is 11.5. The van der Waals surface area contributed by atoms with Gasteiger partial charge in [0.05, 0.1) is 5.69 Å². The molecule has 4 nitrogen and oxygen atoms in total. The maximum absolute atomic E-state index is 8.95. The Morgan fingerprint density at radius 1 is 1.56 bits per heavy atom. The molecule has 0 fully saturated rings. The van der Waals surface area contributed by atoms with E-state index in [1.807, 2.05) is 0 Å². The first-order valence-corrected chi connectivity index (χ1v) is 5.93. The molecule has 0 radical (unpaired) electrons. The molecule has 4 heteroatoms. The summed E-state index contributed by atoms with van der Waals surface area (Å²) < 4.78 is 2.17. The zero-order valence-corrected chi connectivity index (χ0v) is 10.3. The molecule has 0 aliphatic carbocycles. The number of aliphatic hydroxyl groups excluding tert-OH is 1. The van der Waals surface area contributed by atoms with E-state index in [9.17, 15) is 0 Å². The number of aromatic nitrogens is 2. The molecule has 2 heterocycles. The number of hydrogen-bond donors (Lipinski definition) is 2. The first-order valence-electron chi connectivity index (χ1n) is 5.93. The van der Waals surface area contributed by atoms with E-state index < -0.39 is 0 Å². The Labute approximate surface area is 96.7 Å². The SMILES string of the molecule is CC(C)(C)c1cn2c(n1)NCC(CCO)C2. The molecule has 0 bridgehead atoms. The van der Waals surface area contributed by atoms with Gasteiger partial charge in [-0.05, 0) is 12.3 Å². The highest BCUT2D eigenvalue weighted by molar-refractivity contribution is 5.33. The normalized spacial score (nSPS) is 20.4. The van der Waals surface area contributed by atoms with Crippen LogP contribution >= 0.6 is 0 Å². The number of fused-ring (bicyclic) bond motifs is 1. The summed E-state index contributed by atoms with van der Waals surface area (Å²) in [5.41, 5.74) is 1.22. The van der Waals surface area contributed by atoms with Gasteiger partial charge in [-0.15, -0.1) is 0 Å². The number of anilines is 1. The van der Waals surface area contributed by atoms with Crippen LogP contribution in [-0.4, -0.2) is 27.8 Å². The van der Waals surface area contributed by atoms with E-state index in [0.29, 0.717) is 5.92 Å². The Bertz CT molecular complexity index is 365. The van der Waals surface area contributed by atoms with Gasteiger partial charge in [-0.25, -0.2) is 4.98 Å². The third kappa shape index (κ3) is 2.21. The zero-order valence-electron chi connectivity index (χ0n) is 10.3. The summed E-state index contributed by atoms with van der Waals surface area (Å²) in [5, 5.41) is 12.3. The summed E-state index contributed by atoms with van der Waals surface area (Å²) in [5.74, 6) is 1.48. The largest absolute Gasteiger partial charge is 0.396 e. The molecular formula is C12H21N3O. The number of nitrogens with zero attached hydrogens (tertiary/aromatic N) is 2. The van der Waals surface area contributed by atoms with Crippen LogP contribution in [-0.2, 0) is 12.0 Å². The van der Waals surface area contributed by atoms with Gasteiger partial charge in [0.25, 0.3) is 0 Å². The predicted octanol–water partition coefficient (Wildman–Crippen LogP) is 1.60. The summed E-state index contributed by atoms with van der Waals surface area (Å²) in [6.45, 7) is 8.67. The molecular weight excluding hydrogens is 202 g/mol. The third-order valence-electron chi connectivity index (χ3n) is 3.09. The monoisotopic (exact) mass is 223 g/mol. The van der Waals surface area contributed by atoms with Gasteiger partial charge in [0.15, 0.2) is 0 Å². The highest BCUT2D eigenvalue weighted by atomic mass is 16.3. The molecule has 1 aromatic heterocycles. The lowest BCUT2D eigenvalue weighted by Crippen LogP contribution is -2.27. The second-order valence-corrected chi connectivity index (χ2v) is 5.61. The van der Waals surface area contributed by atoms with E-state index in [1.165, 1.54) is 0 Å². The second-order valence-electron chi connectivity index (χ2n) is 5.61. The van der Waals surface area contributed by atoms with Crippen LogP contribution < -0.4 is 5.32 Å². The fraction of sp³-hybridized carbons (Fsp3) is 0.750. The van der Waals surface area contributed by atoms with Crippen LogP contribution in [0.1, 0.15) is 32.9 Å². The van der Waals surface area contributed by atoms with Gasteiger partial charge < -0.3 is 15.0 Å². The topological polar surface area (TPSA) is 50.1 Å². The van der Waals surface area contributed by atoms with E-state index in [1.54, 1.807) is 0 Å². The Kier molecular flexibility index (Phi) is 2.93. The van der Waals surface area contributed by atoms with Crippen LogP contribution in [0.5, 0.6) is 0 Å². The van der Waals surface area contributed by atoms with Gasteiger partial charge in [-0.2, -0.15) is 0 Å². The Balaban J connectivity index is 2.17. The van der Waals surface area contributed by atoms with Crippen molar-refractivity contribution in [2.24, 2.45) is 5.92 Å². The lowest BCUT2D eigenvalue weighted by atomic mass is 9.93. The van der Waals surface area contributed by atoms with Gasteiger partial charge in [0.1, 0.15) is 0 Å². The van der Waals surface area contributed by atoms with Crippen LogP contribution in [0.3, 0.4) is 0 Å². The Morgan fingerprint density at radius 3 is 2.94 bits per heavy atom. The minimum absolute atomic E-state index is 0.0957. The smallest absolute Gasteiger partial charge is 0.203 e. The number of hydrogen-bond acceptors (Lipinski definition) is 3. The van der Waals surface area contributed by atoms with Crippen LogP contribution in [0, 0.1) is 5.92 Å². The first-order chi connectivity index (χ1) is 7.50. The molecule has 0 spiro atoms. The van der Waals surface area contributed by atoms with Gasteiger partial charge in [-0.1, -0.05) is 20.8 Å². The fourth-order valence-corrected chi connectivity index (χ4v) is 2.01. The van der Waals surface area contributed by atoms with E-state index in [0.717, 1.165) is 31.2 Å².